The number of pyridine rings is 1. The second-order valence-corrected chi connectivity index (χ2v) is 8.69. The van der Waals surface area contributed by atoms with Gasteiger partial charge in [0, 0.05) is 6.54 Å². The molecule has 7 nitrogen and oxygen atoms in total. The predicted molar refractivity (Wildman–Crippen MR) is 122 cm³/mol. The van der Waals surface area contributed by atoms with E-state index in [0.717, 1.165) is 16.6 Å². The van der Waals surface area contributed by atoms with Crippen LogP contribution in [-0.2, 0) is 20.7 Å². The molecule has 1 aliphatic rings. The highest BCUT2D eigenvalue weighted by Crippen LogP contribution is 2.38. The summed E-state index contributed by atoms with van der Waals surface area (Å²) >= 11 is 0. The van der Waals surface area contributed by atoms with Crippen molar-refractivity contribution >= 4 is 25.0 Å². The number of ether oxygens (including phenoxy) is 1. The minimum atomic E-state index is -0.626. The number of nitrogens with one attached hydrogen (secondary N) is 1. The Kier molecular flexibility index (Phi) is 6.72. The molecule has 0 aliphatic carbocycles. The maximum atomic E-state index is 12.3. The van der Waals surface area contributed by atoms with Gasteiger partial charge in [-0.1, -0.05) is 30.3 Å². The smallest absolute Gasteiger partial charge is 0.445 e. The molecule has 3 rings (SSSR count). The molecule has 0 bridgehead atoms. The van der Waals surface area contributed by atoms with Gasteiger partial charge in [-0.3, -0.25) is 4.98 Å². The predicted octanol–water partition coefficient (Wildman–Crippen LogP) is 3.91. The van der Waals surface area contributed by atoms with Crippen LogP contribution in [0.4, 0.5) is 10.5 Å². The number of carbonyl (C=O) groups excluding carboxylic acids is 1. The summed E-state index contributed by atoms with van der Waals surface area (Å²) in [4.78, 5) is 16.6. The van der Waals surface area contributed by atoms with Crippen LogP contribution >= 0.6 is 0 Å². The standard InChI is InChI=1S/C23H30BN3O4/c1-16-11-19(26-14-20(16)25)12-18(24-30-22(2,3)23(4,5)31-24)13-27-21(28)29-15-17-9-7-6-8-10-17/h6-12,14H,13,15,25H2,1-5H3,(H,27,28). The lowest BCUT2D eigenvalue weighted by Crippen LogP contribution is -2.41. The van der Waals surface area contributed by atoms with Crippen LogP contribution in [-0.4, -0.2) is 35.9 Å². The van der Waals surface area contributed by atoms with E-state index in [-0.39, 0.29) is 13.2 Å². The van der Waals surface area contributed by atoms with Gasteiger partial charge in [-0.25, -0.2) is 4.79 Å². The van der Waals surface area contributed by atoms with Gasteiger partial charge in [0.25, 0.3) is 0 Å². The van der Waals surface area contributed by atoms with Crippen molar-refractivity contribution in [3.8, 4) is 0 Å². The highest BCUT2D eigenvalue weighted by atomic mass is 16.7. The lowest BCUT2D eigenvalue weighted by molar-refractivity contribution is 0.00578. The van der Waals surface area contributed by atoms with E-state index in [2.05, 4.69) is 10.3 Å². The molecular weight excluding hydrogens is 393 g/mol. The zero-order chi connectivity index (χ0) is 22.6. The molecule has 1 aliphatic heterocycles. The number of carbonyl (C=O) groups is 1. The number of rotatable bonds is 6. The Balaban J connectivity index is 1.73. The van der Waals surface area contributed by atoms with Gasteiger partial charge in [-0.05, 0) is 63.4 Å². The van der Waals surface area contributed by atoms with E-state index < -0.39 is 24.4 Å². The van der Waals surface area contributed by atoms with Crippen molar-refractivity contribution in [3.05, 3.63) is 64.9 Å². The summed E-state index contributed by atoms with van der Waals surface area (Å²) in [5.74, 6) is 0. The van der Waals surface area contributed by atoms with Crippen LogP contribution in [0.1, 0.15) is 44.5 Å². The molecule has 0 radical (unpaired) electrons. The van der Waals surface area contributed by atoms with Crippen LogP contribution in [0.3, 0.4) is 0 Å². The second-order valence-electron chi connectivity index (χ2n) is 8.69. The Bertz CT molecular complexity index is 945. The number of aryl methyl sites for hydroxylation is 1. The van der Waals surface area contributed by atoms with Gasteiger partial charge in [-0.15, -0.1) is 0 Å². The summed E-state index contributed by atoms with van der Waals surface area (Å²) in [6.07, 6.45) is 2.95. The molecule has 8 heteroatoms. The van der Waals surface area contributed by atoms with Crippen molar-refractivity contribution in [2.24, 2.45) is 0 Å². The van der Waals surface area contributed by atoms with Crippen molar-refractivity contribution in [1.82, 2.24) is 10.3 Å². The number of anilines is 1. The summed E-state index contributed by atoms with van der Waals surface area (Å²) in [5, 5.41) is 2.79. The monoisotopic (exact) mass is 423 g/mol. The number of nitrogen functional groups attached to an aromatic ring is 1. The molecule has 0 unspecified atom stereocenters. The van der Waals surface area contributed by atoms with Crippen LogP contribution in [0.5, 0.6) is 0 Å². The Labute approximate surface area is 184 Å². The summed E-state index contributed by atoms with van der Waals surface area (Å²) in [6.45, 7) is 10.2. The van der Waals surface area contributed by atoms with Crippen LogP contribution in [0.25, 0.3) is 6.08 Å². The van der Waals surface area contributed by atoms with Crippen molar-refractivity contribution in [2.45, 2.75) is 52.4 Å². The fraction of sp³-hybridized carbons (Fsp3) is 0.391. The van der Waals surface area contributed by atoms with E-state index in [0.29, 0.717) is 11.4 Å². The van der Waals surface area contributed by atoms with E-state index in [4.69, 9.17) is 19.8 Å². The Morgan fingerprint density at radius 1 is 1.19 bits per heavy atom. The minimum Gasteiger partial charge on any atom is -0.445 e. The van der Waals surface area contributed by atoms with Crippen molar-refractivity contribution < 1.29 is 18.8 Å². The van der Waals surface area contributed by atoms with E-state index in [9.17, 15) is 4.79 Å². The lowest BCUT2D eigenvalue weighted by atomic mass is 9.77. The van der Waals surface area contributed by atoms with Gasteiger partial charge in [0.1, 0.15) is 6.61 Å². The third kappa shape index (κ3) is 5.65. The maximum absolute atomic E-state index is 12.3. The Hall–Kier alpha value is -2.84. The molecular formula is C23H30BN3O4. The average Bonchev–Trinajstić information content (AvgIpc) is 2.94. The molecule has 1 fully saturated rings. The fourth-order valence-corrected chi connectivity index (χ4v) is 3.00. The molecule has 0 spiro atoms. The average molecular weight is 423 g/mol. The largest absolute Gasteiger partial charge is 0.492 e. The lowest BCUT2D eigenvalue weighted by Gasteiger charge is -2.32. The molecule has 1 aromatic heterocycles. The molecule has 0 saturated carbocycles. The normalized spacial score (nSPS) is 17.5. The number of alkyl carbamates (subject to hydrolysis) is 1. The van der Waals surface area contributed by atoms with Crippen LogP contribution in [0.2, 0.25) is 0 Å². The first-order valence-electron chi connectivity index (χ1n) is 10.3. The molecule has 164 valence electrons. The van der Waals surface area contributed by atoms with Crippen molar-refractivity contribution in [2.75, 3.05) is 12.3 Å². The number of amides is 1. The number of benzene rings is 1. The third-order valence-electron chi connectivity index (χ3n) is 5.71. The van der Waals surface area contributed by atoms with Crippen molar-refractivity contribution in [3.63, 3.8) is 0 Å². The van der Waals surface area contributed by atoms with Gasteiger partial charge >= 0.3 is 13.2 Å². The van der Waals surface area contributed by atoms with E-state index in [1.165, 1.54) is 0 Å². The van der Waals surface area contributed by atoms with Crippen LogP contribution in [0.15, 0.2) is 48.1 Å². The van der Waals surface area contributed by atoms with Gasteiger partial charge < -0.3 is 25.1 Å². The molecule has 0 atom stereocenters. The molecule has 2 aromatic rings. The van der Waals surface area contributed by atoms with Gasteiger partial charge in [0.15, 0.2) is 0 Å². The van der Waals surface area contributed by atoms with Crippen LogP contribution < -0.4 is 11.1 Å². The molecule has 1 aromatic carbocycles. The quantitative estimate of drug-likeness (QED) is 0.684. The minimum absolute atomic E-state index is 0.190. The SMILES string of the molecule is Cc1cc(C=C(CNC(=O)OCc2ccccc2)B2OC(C)(C)C(C)(C)O2)ncc1N. The Morgan fingerprint density at radius 3 is 2.45 bits per heavy atom. The molecule has 1 saturated heterocycles. The second kappa shape index (κ2) is 9.12. The zero-order valence-corrected chi connectivity index (χ0v) is 18.8. The summed E-state index contributed by atoms with van der Waals surface area (Å²) < 4.78 is 17.7. The van der Waals surface area contributed by atoms with Gasteiger partial charge in [-0.2, -0.15) is 0 Å². The Morgan fingerprint density at radius 2 is 1.84 bits per heavy atom. The van der Waals surface area contributed by atoms with Gasteiger partial charge in [0.2, 0.25) is 0 Å². The summed E-state index contributed by atoms with van der Waals surface area (Å²) in [5.41, 5.74) is 8.77. The highest BCUT2D eigenvalue weighted by Gasteiger charge is 2.52. The van der Waals surface area contributed by atoms with Crippen LogP contribution in [0, 0.1) is 6.92 Å². The summed E-state index contributed by atoms with van der Waals surface area (Å²) in [6, 6.07) is 11.4. The van der Waals surface area contributed by atoms with E-state index in [1.54, 1.807) is 6.20 Å². The van der Waals surface area contributed by atoms with Crippen molar-refractivity contribution in [1.29, 1.82) is 0 Å². The molecule has 31 heavy (non-hydrogen) atoms. The molecule has 2 heterocycles. The topological polar surface area (TPSA) is 95.7 Å². The number of nitrogens with zero attached hydrogens (tertiary/aromatic N) is 1. The fourth-order valence-electron chi connectivity index (χ4n) is 3.00. The zero-order valence-electron chi connectivity index (χ0n) is 18.8. The first kappa shape index (κ1) is 22.8. The number of nitrogens with two attached hydrogens (primary N) is 1. The number of hydrogen-bond donors (Lipinski definition) is 2. The number of hydrogen-bond acceptors (Lipinski definition) is 6. The van der Waals surface area contributed by atoms with E-state index >= 15 is 0 Å². The van der Waals surface area contributed by atoms with Gasteiger partial charge in [0.05, 0.1) is 28.8 Å². The first-order valence-corrected chi connectivity index (χ1v) is 10.3. The molecule has 3 N–H and O–H groups in total. The first-order chi connectivity index (χ1) is 14.6. The number of aromatic nitrogens is 1. The molecule has 1 amide bonds. The highest BCUT2D eigenvalue weighted by molar-refractivity contribution is 6.56. The third-order valence-corrected chi connectivity index (χ3v) is 5.71. The maximum Gasteiger partial charge on any atom is 0.492 e. The van der Waals surface area contributed by atoms with E-state index in [1.807, 2.05) is 77.1 Å². The summed E-state index contributed by atoms with van der Waals surface area (Å²) in [7, 11) is -0.626.